The Morgan fingerprint density at radius 2 is 1.88 bits per heavy atom. The number of aryl methyl sites for hydroxylation is 1. The second-order valence-electron chi connectivity index (χ2n) is 11.4. The molecular formula is C32H35F2N7O2. The summed E-state index contributed by atoms with van der Waals surface area (Å²) in [7, 11) is 0. The normalized spacial score (nSPS) is 17.1. The van der Waals surface area contributed by atoms with E-state index in [2.05, 4.69) is 21.5 Å². The van der Waals surface area contributed by atoms with Gasteiger partial charge in [-0.05, 0) is 62.6 Å². The third-order valence-electron chi connectivity index (χ3n) is 8.01. The molecule has 0 bridgehead atoms. The third kappa shape index (κ3) is 5.35. The van der Waals surface area contributed by atoms with Gasteiger partial charge in [-0.15, -0.1) is 0 Å². The summed E-state index contributed by atoms with van der Waals surface area (Å²) < 4.78 is 32.0. The molecule has 43 heavy (non-hydrogen) atoms. The molecular weight excluding hydrogens is 552 g/mol. The Labute approximate surface area is 248 Å². The van der Waals surface area contributed by atoms with E-state index in [9.17, 15) is 14.0 Å². The van der Waals surface area contributed by atoms with Gasteiger partial charge in [0.2, 0.25) is 5.91 Å². The molecule has 2 atom stereocenters. The van der Waals surface area contributed by atoms with Gasteiger partial charge in [-0.3, -0.25) is 9.78 Å². The minimum atomic E-state index is -0.684. The summed E-state index contributed by atoms with van der Waals surface area (Å²) in [5, 5.41) is 0.308. The number of nitrogen functional groups attached to an aromatic ring is 1. The van der Waals surface area contributed by atoms with E-state index in [0.717, 1.165) is 5.56 Å². The molecule has 2 N–H and O–H groups in total. The summed E-state index contributed by atoms with van der Waals surface area (Å²) in [6.45, 7) is 13.9. The second-order valence-corrected chi connectivity index (χ2v) is 11.4. The predicted molar refractivity (Wildman–Crippen MR) is 164 cm³/mol. The van der Waals surface area contributed by atoms with Gasteiger partial charge >= 0.3 is 5.69 Å². The van der Waals surface area contributed by atoms with Crippen molar-refractivity contribution in [2.45, 2.75) is 59.0 Å². The number of carbonyl (C=O) groups excluding carboxylic acids is 1. The van der Waals surface area contributed by atoms with Crippen molar-refractivity contribution in [1.82, 2.24) is 24.4 Å². The highest BCUT2D eigenvalue weighted by Crippen LogP contribution is 2.33. The van der Waals surface area contributed by atoms with Crippen LogP contribution < -0.4 is 16.3 Å². The monoisotopic (exact) mass is 587 g/mol. The van der Waals surface area contributed by atoms with Crippen molar-refractivity contribution in [3.05, 3.63) is 93.8 Å². The summed E-state index contributed by atoms with van der Waals surface area (Å²) in [4.78, 5) is 43.8. The van der Waals surface area contributed by atoms with Crippen molar-refractivity contribution in [2.75, 3.05) is 23.7 Å². The van der Waals surface area contributed by atoms with Gasteiger partial charge in [-0.25, -0.2) is 23.1 Å². The number of nitrogens with two attached hydrogens (primary N) is 1. The van der Waals surface area contributed by atoms with Crippen molar-refractivity contribution in [2.24, 2.45) is 0 Å². The van der Waals surface area contributed by atoms with Crippen LogP contribution in [0.25, 0.3) is 16.7 Å². The highest BCUT2D eigenvalue weighted by atomic mass is 19.1. The largest absolute Gasteiger partial charge is 0.398 e. The molecule has 1 aromatic carbocycles. The molecule has 3 aromatic heterocycles. The SMILES string of the molecule is C=CC(=O)N1C[C@H](C)N(c2nc(=O)n(-c3c(C)ccnc3C(C)C)c3nc(Cc4c(N)cccc4F)c(F)cc23)C[C@H]1C. The molecule has 1 amide bonds. The van der Waals surface area contributed by atoms with Crippen molar-refractivity contribution >= 4 is 28.4 Å². The van der Waals surface area contributed by atoms with Crippen LogP contribution in [0.3, 0.4) is 0 Å². The van der Waals surface area contributed by atoms with Crippen LogP contribution in [-0.2, 0) is 11.2 Å². The van der Waals surface area contributed by atoms with Gasteiger partial charge in [0.15, 0.2) is 5.65 Å². The number of pyridine rings is 2. The number of aromatic nitrogens is 4. The average Bonchev–Trinajstić information content (AvgIpc) is 2.96. The number of benzene rings is 1. The van der Waals surface area contributed by atoms with Gasteiger partial charge in [0.1, 0.15) is 17.5 Å². The number of rotatable bonds is 6. The van der Waals surface area contributed by atoms with E-state index >= 15 is 4.39 Å². The summed E-state index contributed by atoms with van der Waals surface area (Å²) in [5.74, 6) is -1.24. The van der Waals surface area contributed by atoms with Crippen LogP contribution in [0.4, 0.5) is 20.3 Å². The first-order valence-electron chi connectivity index (χ1n) is 14.2. The highest BCUT2D eigenvalue weighted by Gasteiger charge is 2.34. The lowest BCUT2D eigenvalue weighted by atomic mass is 10.0. The van der Waals surface area contributed by atoms with Crippen LogP contribution in [0.2, 0.25) is 0 Å². The first kappa shape index (κ1) is 29.8. The molecule has 5 rings (SSSR count). The molecule has 1 aliphatic heterocycles. The number of amides is 1. The molecule has 4 heterocycles. The fraction of sp³-hybridized carbons (Fsp3) is 0.344. The molecule has 0 unspecified atom stereocenters. The molecule has 224 valence electrons. The van der Waals surface area contributed by atoms with Crippen LogP contribution in [0.15, 0.2) is 54.0 Å². The fourth-order valence-electron chi connectivity index (χ4n) is 5.75. The van der Waals surface area contributed by atoms with Crippen LogP contribution in [0.1, 0.15) is 56.1 Å². The Bertz CT molecular complexity index is 1780. The number of nitrogens with zero attached hydrogens (tertiary/aromatic N) is 6. The number of anilines is 2. The number of fused-ring (bicyclic) bond motifs is 1. The maximum absolute atomic E-state index is 15.9. The number of hydrogen-bond acceptors (Lipinski definition) is 7. The quantitative estimate of drug-likeness (QED) is 0.258. The lowest BCUT2D eigenvalue weighted by Crippen LogP contribution is -2.58. The Morgan fingerprint density at radius 3 is 2.56 bits per heavy atom. The maximum Gasteiger partial charge on any atom is 0.355 e. The molecule has 4 aromatic rings. The van der Waals surface area contributed by atoms with Gasteiger partial charge in [0.05, 0.1) is 22.5 Å². The van der Waals surface area contributed by atoms with Crippen LogP contribution in [-0.4, -0.2) is 55.5 Å². The first-order chi connectivity index (χ1) is 20.4. The maximum atomic E-state index is 15.9. The summed E-state index contributed by atoms with van der Waals surface area (Å²) >= 11 is 0. The van der Waals surface area contributed by atoms with E-state index in [1.54, 1.807) is 23.2 Å². The number of piperazine rings is 1. The van der Waals surface area contributed by atoms with E-state index in [1.807, 2.05) is 39.5 Å². The lowest BCUT2D eigenvalue weighted by molar-refractivity contribution is -0.128. The van der Waals surface area contributed by atoms with Crippen LogP contribution in [0.5, 0.6) is 0 Å². The molecule has 9 nitrogen and oxygen atoms in total. The van der Waals surface area contributed by atoms with Gasteiger partial charge in [0, 0.05) is 49.0 Å². The van der Waals surface area contributed by atoms with Crippen molar-refractivity contribution in [1.29, 1.82) is 0 Å². The van der Waals surface area contributed by atoms with Crippen molar-refractivity contribution in [3.8, 4) is 5.69 Å². The summed E-state index contributed by atoms with van der Waals surface area (Å²) in [6, 6.07) is 6.90. The Balaban J connectivity index is 1.78. The fourth-order valence-corrected chi connectivity index (χ4v) is 5.75. The molecule has 0 radical (unpaired) electrons. The third-order valence-corrected chi connectivity index (χ3v) is 8.01. The zero-order valence-corrected chi connectivity index (χ0v) is 24.9. The predicted octanol–water partition coefficient (Wildman–Crippen LogP) is 4.67. The highest BCUT2D eigenvalue weighted by molar-refractivity contribution is 5.90. The van der Waals surface area contributed by atoms with E-state index in [4.69, 9.17) is 5.73 Å². The van der Waals surface area contributed by atoms with Crippen LogP contribution >= 0.6 is 0 Å². The summed E-state index contributed by atoms with van der Waals surface area (Å²) in [6.07, 6.45) is 2.74. The number of carbonyl (C=O) groups is 1. The molecule has 11 heteroatoms. The lowest BCUT2D eigenvalue weighted by Gasteiger charge is -2.44. The molecule has 1 saturated heterocycles. The Morgan fingerprint density at radius 1 is 1.14 bits per heavy atom. The first-order valence-corrected chi connectivity index (χ1v) is 14.2. The molecule has 0 aliphatic carbocycles. The second kappa shape index (κ2) is 11.5. The van der Waals surface area contributed by atoms with E-state index < -0.39 is 17.3 Å². The van der Waals surface area contributed by atoms with Crippen LogP contribution in [0, 0.1) is 18.6 Å². The van der Waals surface area contributed by atoms with E-state index in [-0.39, 0.29) is 58.7 Å². The zero-order chi connectivity index (χ0) is 31.2. The van der Waals surface area contributed by atoms with Gasteiger partial charge in [0.25, 0.3) is 0 Å². The molecule has 1 fully saturated rings. The minimum Gasteiger partial charge on any atom is -0.398 e. The van der Waals surface area contributed by atoms with Crippen molar-refractivity contribution in [3.63, 3.8) is 0 Å². The van der Waals surface area contributed by atoms with Crippen molar-refractivity contribution < 1.29 is 13.6 Å². The Kier molecular flexibility index (Phi) is 8.00. The van der Waals surface area contributed by atoms with Gasteiger partial charge in [-0.2, -0.15) is 4.98 Å². The topological polar surface area (TPSA) is 110 Å². The Hall–Kier alpha value is -4.67. The van der Waals surface area contributed by atoms with Gasteiger partial charge in [-0.1, -0.05) is 26.5 Å². The van der Waals surface area contributed by atoms with Gasteiger partial charge < -0.3 is 15.5 Å². The smallest absolute Gasteiger partial charge is 0.355 e. The number of halogens is 2. The molecule has 0 spiro atoms. The molecule has 1 aliphatic rings. The number of hydrogen-bond donors (Lipinski definition) is 1. The molecule has 0 saturated carbocycles. The zero-order valence-electron chi connectivity index (χ0n) is 24.9. The van der Waals surface area contributed by atoms with E-state index in [0.29, 0.717) is 29.9 Å². The van der Waals surface area contributed by atoms with E-state index in [1.165, 1.54) is 28.8 Å². The minimum absolute atomic E-state index is 0.0500. The standard InChI is InChI=1S/C32H35F2N7O2/c1-7-27(42)39-15-20(6)40(16-19(39)5)30-22-13-24(34)26(14-21-23(33)9-8-10-25(21)35)37-31(22)41(32(43)38-30)29-18(4)11-12-36-28(29)17(2)3/h7-13,17,19-20H,1,14-16,35H2,2-6H3/t19-,20+/m1/s1. The summed E-state index contributed by atoms with van der Waals surface area (Å²) in [5.41, 5.74) is 7.76. The average molecular weight is 588 g/mol.